The Morgan fingerprint density at radius 2 is 2.16 bits per heavy atom. The van der Waals surface area contributed by atoms with Gasteiger partial charge in [0.2, 0.25) is 5.91 Å². The van der Waals surface area contributed by atoms with E-state index >= 15 is 0 Å². The van der Waals surface area contributed by atoms with Crippen LogP contribution in [0, 0.1) is 11.8 Å². The second kappa shape index (κ2) is 5.30. The predicted molar refractivity (Wildman–Crippen MR) is 70.2 cm³/mol. The van der Waals surface area contributed by atoms with E-state index in [1.165, 1.54) is 7.11 Å². The highest BCUT2D eigenvalue weighted by molar-refractivity contribution is 5.99. The Morgan fingerprint density at radius 1 is 1.42 bits per heavy atom. The Kier molecular flexibility index (Phi) is 3.74. The van der Waals surface area contributed by atoms with Gasteiger partial charge in [0, 0.05) is 0 Å². The lowest BCUT2D eigenvalue weighted by Gasteiger charge is -2.11. The molecule has 2 rings (SSSR count). The molecule has 0 bridgehead atoms. The molecule has 102 valence electrons. The standard InChI is InChI=1S/C14H17NO4/c1-3-8-4-5-12(19-2)11(6-8)15-13(16)9-7-10(9)14(17)18/h4-6,9-10H,3,7H2,1-2H3,(H,15,16)(H,17,18). The third-order valence-corrected chi connectivity index (χ3v) is 3.37. The number of aliphatic carboxylic acids is 1. The van der Waals surface area contributed by atoms with Gasteiger partial charge >= 0.3 is 5.97 Å². The molecule has 2 atom stereocenters. The monoisotopic (exact) mass is 263 g/mol. The molecule has 1 saturated carbocycles. The van der Waals surface area contributed by atoms with Crippen molar-refractivity contribution in [1.82, 2.24) is 0 Å². The second-order valence-corrected chi connectivity index (χ2v) is 4.66. The first-order chi connectivity index (χ1) is 9.06. The number of carbonyl (C=O) groups excluding carboxylic acids is 1. The van der Waals surface area contributed by atoms with Crippen LogP contribution in [0.4, 0.5) is 5.69 Å². The molecule has 1 fully saturated rings. The minimum atomic E-state index is -0.908. The molecule has 0 aliphatic heterocycles. The molecule has 1 aromatic rings. The number of methoxy groups -OCH3 is 1. The number of carboxylic acid groups (broad SMARTS) is 1. The summed E-state index contributed by atoms with van der Waals surface area (Å²) in [6, 6.07) is 5.59. The highest BCUT2D eigenvalue weighted by Crippen LogP contribution is 2.40. The number of amides is 1. The zero-order chi connectivity index (χ0) is 14.0. The second-order valence-electron chi connectivity index (χ2n) is 4.66. The number of carbonyl (C=O) groups is 2. The van der Waals surface area contributed by atoms with Crippen molar-refractivity contribution in [3.8, 4) is 5.75 Å². The van der Waals surface area contributed by atoms with Crippen molar-refractivity contribution in [3.05, 3.63) is 23.8 Å². The summed E-state index contributed by atoms with van der Waals surface area (Å²) in [5.41, 5.74) is 1.68. The van der Waals surface area contributed by atoms with E-state index in [1.54, 1.807) is 6.07 Å². The van der Waals surface area contributed by atoms with E-state index in [4.69, 9.17) is 9.84 Å². The maximum Gasteiger partial charge on any atom is 0.307 e. The third kappa shape index (κ3) is 2.86. The van der Waals surface area contributed by atoms with Gasteiger partial charge in [-0.05, 0) is 30.5 Å². The van der Waals surface area contributed by atoms with E-state index in [0.29, 0.717) is 17.9 Å². The molecule has 1 aliphatic carbocycles. The molecule has 0 spiro atoms. The molecule has 1 aliphatic rings. The summed E-state index contributed by atoms with van der Waals surface area (Å²) in [5.74, 6) is -1.54. The lowest BCUT2D eigenvalue weighted by atomic mass is 10.1. The van der Waals surface area contributed by atoms with Gasteiger partial charge in [-0.25, -0.2) is 0 Å². The van der Waals surface area contributed by atoms with Crippen LogP contribution in [0.3, 0.4) is 0 Å². The summed E-state index contributed by atoms with van der Waals surface area (Å²) in [5, 5.41) is 11.6. The third-order valence-electron chi connectivity index (χ3n) is 3.37. The molecule has 1 aromatic carbocycles. The number of rotatable bonds is 5. The van der Waals surface area contributed by atoms with Gasteiger partial charge in [0.05, 0.1) is 24.6 Å². The molecule has 19 heavy (non-hydrogen) atoms. The lowest BCUT2D eigenvalue weighted by molar-refractivity contribution is -0.139. The average Bonchev–Trinajstić information content (AvgIpc) is 3.19. The van der Waals surface area contributed by atoms with Gasteiger partial charge in [-0.1, -0.05) is 13.0 Å². The number of benzene rings is 1. The van der Waals surface area contributed by atoms with Crippen molar-refractivity contribution < 1.29 is 19.4 Å². The van der Waals surface area contributed by atoms with E-state index < -0.39 is 17.8 Å². The zero-order valence-corrected chi connectivity index (χ0v) is 11.0. The van der Waals surface area contributed by atoms with Gasteiger partial charge in [-0.2, -0.15) is 0 Å². The minimum absolute atomic E-state index is 0.251. The van der Waals surface area contributed by atoms with Gasteiger partial charge in [0.25, 0.3) is 0 Å². The number of anilines is 1. The van der Waals surface area contributed by atoms with Gasteiger partial charge in [0.1, 0.15) is 5.75 Å². The largest absolute Gasteiger partial charge is 0.495 e. The molecule has 5 nitrogen and oxygen atoms in total. The predicted octanol–water partition coefficient (Wildman–Crippen LogP) is 1.92. The van der Waals surface area contributed by atoms with Gasteiger partial charge in [-0.3, -0.25) is 9.59 Å². The maximum atomic E-state index is 11.9. The summed E-state index contributed by atoms with van der Waals surface area (Å²) >= 11 is 0. The van der Waals surface area contributed by atoms with Crippen molar-refractivity contribution in [3.63, 3.8) is 0 Å². The molecule has 5 heteroatoms. The first kappa shape index (κ1) is 13.4. The highest BCUT2D eigenvalue weighted by atomic mass is 16.5. The quantitative estimate of drug-likeness (QED) is 0.851. The Labute approximate surface area is 111 Å². The fraction of sp³-hybridized carbons (Fsp3) is 0.429. The van der Waals surface area contributed by atoms with Gasteiger partial charge < -0.3 is 15.2 Å². The van der Waals surface area contributed by atoms with E-state index in [9.17, 15) is 9.59 Å². The first-order valence-electron chi connectivity index (χ1n) is 6.27. The van der Waals surface area contributed by atoms with E-state index in [-0.39, 0.29) is 5.91 Å². The lowest BCUT2D eigenvalue weighted by Crippen LogP contribution is -2.17. The number of ether oxygens (including phenoxy) is 1. The summed E-state index contributed by atoms with van der Waals surface area (Å²) in [7, 11) is 1.54. The Morgan fingerprint density at radius 3 is 2.68 bits per heavy atom. The summed E-state index contributed by atoms with van der Waals surface area (Å²) < 4.78 is 5.19. The Balaban J connectivity index is 2.10. The normalized spacial score (nSPS) is 20.7. The van der Waals surface area contributed by atoms with Gasteiger partial charge in [-0.15, -0.1) is 0 Å². The minimum Gasteiger partial charge on any atom is -0.495 e. The molecular formula is C14H17NO4. The van der Waals surface area contributed by atoms with Crippen LogP contribution in [0.2, 0.25) is 0 Å². The number of hydrogen-bond donors (Lipinski definition) is 2. The first-order valence-corrected chi connectivity index (χ1v) is 6.27. The number of carboxylic acids is 1. The van der Waals surface area contributed by atoms with Crippen LogP contribution < -0.4 is 10.1 Å². The SMILES string of the molecule is CCc1ccc(OC)c(NC(=O)C2CC2C(=O)O)c1. The summed E-state index contributed by atoms with van der Waals surface area (Å²) in [6.45, 7) is 2.02. The van der Waals surface area contributed by atoms with Crippen LogP contribution in [0.25, 0.3) is 0 Å². The van der Waals surface area contributed by atoms with Crippen molar-refractivity contribution in [2.75, 3.05) is 12.4 Å². The van der Waals surface area contributed by atoms with E-state index in [1.807, 2.05) is 19.1 Å². The van der Waals surface area contributed by atoms with Gasteiger partial charge in [0.15, 0.2) is 0 Å². The number of aryl methyl sites for hydroxylation is 1. The van der Waals surface area contributed by atoms with Crippen LogP contribution in [0.5, 0.6) is 5.75 Å². The van der Waals surface area contributed by atoms with Crippen molar-refractivity contribution in [2.24, 2.45) is 11.8 Å². The van der Waals surface area contributed by atoms with Crippen LogP contribution in [0.1, 0.15) is 18.9 Å². The highest BCUT2D eigenvalue weighted by Gasteiger charge is 2.48. The summed E-state index contributed by atoms with van der Waals surface area (Å²) in [6.07, 6.45) is 1.27. The fourth-order valence-electron chi connectivity index (χ4n) is 2.06. The molecule has 0 saturated heterocycles. The molecule has 1 amide bonds. The maximum absolute atomic E-state index is 11.9. The molecule has 0 heterocycles. The van der Waals surface area contributed by atoms with Crippen LogP contribution in [0.15, 0.2) is 18.2 Å². The Bertz CT molecular complexity index is 512. The van der Waals surface area contributed by atoms with Crippen molar-refractivity contribution in [1.29, 1.82) is 0 Å². The van der Waals surface area contributed by atoms with Crippen LogP contribution in [-0.2, 0) is 16.0 Å². The topological polar surface area (TPSA) is 75.6 Å². The molecule has 0 aromatic heterocycles. The zero-order valence-electron chi connectivity index (χ0n) is 11.0. The van der Waals surface area contributed by atoms with E-state index in [2.05, 4.69) is 5.32 Å². The number of nitrogens with one attached hydrogen (secondary N) is 1. The molecule has 2 unspecified atom stereocenters. The molecule has 0 radical (unpaired) electrons. The van der Waals surface area contributed by atoms with Crippen LogP contribution in [-0.4, -0.2) is 24.1 Å². The average molecular weight is 263 g/mol. The summed E-state index contributed by atoms with van der Waals surface area (Å²) in [4.78, 5) is 22.7. The molecule has 2 N–H and O–H groups in total. The Hall–Kier alpha value is -2.04. The van der Waals surface area contributed by atoms with Crippen LogP contribution >= 0.6 is 0 Å². The fourth-order valence-corrected chi connectivity index (χ4v) is 2.06. The molecular weight excluding hydrogens is 246 g/mol. The van der Waals surface area contributed by atoms with Crippen molar-refractivity contribution in [2.45, 2.75) is 19.8 Å². The number of hydrogen-bond acceptors (Lipinski definition) is 3. The van der Waals surface area contributed by atoms with E-state index in [0.717, 1.165) is 12.0 Å². The van der Waals surface area contributed by atoms with Crippen molar-refractivity contribution >= 4 is 17.6 Å². The smallest absolute Gasteiger partial charge is 0.307 e.